The molecule has 104 valence electrons. The van der Waals surface area contributed by atoms with E-state index in [2.05, 4.69) is 18.7 Å². The zero-order chi connectivity index (χ0) is 14.0. The minimum Gasteiger partial charge on any atom is -0.392 e. The smallest absolute Gasteiger partial charge is 0.269 e. The summed E-state index contributed by atoms with van der Waals surface area (Å²) >= 11 is 1.95. The topological polar surface area (TPSA) is 66.6 Å². The van der Waals surface area contributed by atoms with Gasteiger partial charge in [-0.3, -0.25) is 10.1 Å². The van der Waals surface area contributed by atoms with E-state index < -0.39 is 4.92 Å². The van der Waals surface area contributed by atoms with Gasteiger partial charge in [0.25, 0.3) is 5.69 Å². The van der Waals surface area contributed by atoms with Gasteiger partial charge in [-0.25, -0.2) is 0 Å². The SMILES string of the molecule is CC1CN(c2ccc([N+](=O)[O-])cc2CO)CC(C)S1. The van der Waals surface area contributed by atoms with E-state index in [9.17, 15) is 15.2 Å². The second-order valence-electron chi connectivity index (χ2n) is 4.89. The number of nitro groups is 1. The molecule has 1 aliphatic heterocycles. The number of hydrogen-bond donors (Lipinski definition) is 1. The first kappa shape index (κ1) is 14.1. The molecule has 2 unspecified atom stereocenters. The molecule has 0 spiro atoms. The van der Waals surface area contributed by atoms with Gasteiger partial charge in [-0.1, -0.05) is 13.8 Å². The average molecular weight is 282 g/mol. The summed E-state index contributed by atoms with van der Waals surface area (Å²) in [5, 5.41) is 21.2. The van der Waals surface area contributed by atoms with Crippen molar-refractivity contribution in [3.05, 3.63) is 33.9 Å². The molecule has 0 amide bonds. The van der Waals surface area contributed by atoms with E-state index >= 15 is 0 Å². The van der Waals surface area contributed by atoms with Gasteiger partial charge in [-0.15, -0.1) is 0 Å². The number of non-ortho nitro benzene ring substituents is 1. The molecule has 2 atom stereocenters. The molecule has 0 aliphatic carbocycles. The van der Waals surface area contributed by atoms with Gasteiger partial charge >= 0.3 is 0 Å². The minimum atomic E-state index is -0.430. The number of nitro benzene ring substituents is 1. The second kappa shape index (κ2) is 5.79. The van der Waals surface area contributed by atoms with Crippen molar-refractivity contribution in [3.63, 3.8) is 0 Å². The van der Waals surface area contributed by atoms with Crippen LogP contribution in [-0.4, -0.2) is 33.6 Å². The van der Waals surface area contributed by atoms with Crippen LogP contribution >= 0.6 is 11.8 Å². The predicted molar refractivity (Wildman–Crippen MR) is 77.7 cm³/mol. The summed E-state index contributed by atoms with van der Waals surface area (Å²) in [6, 6.07) is 4.72. The van der Waals surface area contributed by atoms with Crippen LogP contribution in [0.4, 0.5) is 11.4 Å². The Hall–Kier alpha value is -1.27. The van der Waals surface area contributed by atoms with Crippen LogP contribution in [0.3, 0.4) is 0 Å². The molecule has 5 nitrogen and oxygen atoms in total. The van der Waals surface area contributed by atoms with E-state index in [4.69, 9.17) is 0 Å². The molecule has 1 heterocycles. The number of thioether (sulfide) groups is 1. The lowest BCUT2D eigenvalue weighted by Gasteiger charge is -2.37. The first-order valence-corrected chi connectivity index (χ1v) is 7.24. The quantitative estimate of drug-likeness (QED) is 0.681. The van der Waals surface area contributed by atoms with Crippen LogP contribution in [0.5, 0.6) is 0 Å². The van der Waals surface area contributed by atoms with E-state index in [-0.39, 0.29) is 12.3 Å². The molecule has 1 fully saturated rings. The van der Waals surface area contributed by atoms with Gasteiger partial charge in [0.15, 0.2) is 0 Å². The lowest BCUT2D eigenvalue weighted by atomic mass is 10.1. The molecule has 0 aromatic heterocycles. The van der Waals surface area contributed by atoms with Crippen LogP contribution in [0.2, 0.25) is 0 Å². The highest BCUT2D eigenvalue weighted by atomic mass is 32.2. The van der Waals surface area contributed by atoms with Gasteiger partial charge in [0.1, 0.15) is 0 Å². The maximum Gasteiger partial charge on any atom is 0.269 e. The van der Waals surface area contributed by atoms with Crippen molar-refractivity contribution in [2.45, 2.75) is 31.0 Å². The highest BCUT2D eigenvalue weighted by molar-refractivity contribution is 8.00. The maximum atomic E-state index is 10.8. The Balaban J connectivity index is 2.30. The van der Waals surface area contributed by atoms with Gasteiger partial charge in [-0.2, -0.15) is 11.8 Å². The highest BCUT2D eigenvalue weighted by Gasteiger charge is 2.24. The van der Waals surface area contributed by atoms with Crippen molar-refractivity contribution in [2.75, 3.05) is 18.0 Å². The van der Waals surface area contributed by atoms with E-state index in [1.165, 1.54) is 12.1 Å². The zero-order valence-corrected chi connectivity index (χ0v) is 11.9. The number of aliphatic hydroxyl groups is 1. The number of benzene rings is 1. The van der Waals surface area contributed by atoms with Crippen LogP contribution in [0.1, 0.15) is 19.4 Å². The Morgan fingerprint density at radius 3 is 2.58 bits per heavy atom. The van der Waals surface area contributed by atoms with Crippen LogP contribution in [0.15, 0.2) is 18.2 Å². The average Bonchev–Trinajstić information content (AvgIpc) is 2.36. The maximum absolute atomic E-state index is 10.8. The zero-order valence-electron chi connectivity index (χ0n) is 11.1. The largest absolute Gasteiger partial charge is 0.392 e. The van der Waals surface area contributed by atoms with Gasteiger partial charge in [0.05, 0.1) is 11.5 Å². The third-order valence-corrected chi connectivity index (χ3v) is 4.43. The first-order chi connectivity index (χ1) is 9.01. The third-order valence-electron chi connectivity index (χ3n) is 3.20. The number of aliphatic hydroxyl groups excluding tert-OH is 1. The molecular weight excluding hydrogens is 264 g/mol. The van der Waals surface area contributed by atoms with E-state index in [1.54, 1.807) is 6.07 Å². The van der Waals surface area contributed by atoms with Gasteiger partial charge < -0.3 is 10.0 Å². The molecule has 1 saturated heterocycles. The van der Waals surface area contributed by atoms with Crippen molar-refractivity contribution in [2.24, 2.45) is 0 Å². The number of hydrogen-bond acceptors (Lipinski definition) is 5. The fraction of sp³-hybridized carbons (Fsp3) is 0.538. The molecule has 6 heteroatoms. The van der Waals surface area contributed by atoms with Crippen LogP contribution in [0.25, 0.3) is 0 Å². The van der Waals surface area contributed by atoms with Crippen molar-refractivity contribution < 1.29 is 10.0 Å². The normalized spacial score (nSPS) is 23.4. The standard InChI is InChI=1S/C13H18N2O3S/c1-9-6-14(7-10(2)19-9)13-4-3-12(15(17)18)5-11(13)8-16/h3-5,9-10,16H,6-8H2,1-2H3. The Kier molecular flexibility index (Phi) is 4.31. The Morgan fingerprint density at radius 2 is 2.05 bits per heavy atom. The molecule has 1 aromatic carbocycles. The summed E-state index contributed by atoms with van der Waals surface area (Å²) in [5.74, 6) is 0. The fourth-order valence-corrected chi connectivity index (χ4v) is 3.82. The molecule has 19 heavy (non-hydrogen) atoms. The van der Waals surface area contributed by atoms with Crippen molar-refractivity contribution in [1.82, 2.24) is 0 Å². The minimum absolute atomic E-state index is 0.0280. The third kappa shape index (κ3) is 3.19. The molecule has 1 N–H and O–H groups in total. The summed E-state index contributed by atoms with van der Waals surface area (Å²) in [4.78, 5) is 12.5. The fourth-order valence-electron chi connectivity index (χ4n) is 2.50. The van der Waals surface area contributed by atoms with Gasteiger partial charge in [0, 0.05) is 47.0 Å². The Morgan fingerprint density at radius 1 is 1.42 bits per heavy atom. The number of nitrogens with zero attached hydrogens (tertiary/aromatic N) is 2. The number of anilines is 1. The molecule has 0 radical (unpaired) electrons. The van der Waals surface area contributed by atoms with E-state index in [1.807, 2.05) is 11.8 Å². The monoisotopic (exact) mass is 282 g/mol. The molecule has 0 saturated carbocycles. The molecule has 1 aromatic rings. The second-order valence-corrected chi connectivity index (χ2v) is 6.77. The molecule has 0 bridgehead atoms. The molecule has 2 rings (SSSR count). The van der Waals surface area contributed by atoms with Gasteiger partial charge in [-0.05, 0) is 6.07 Å². The van der Waals surface area contributed by atoms with Crippen LogP contribution < -0.4 is 4.90 Å². The molecule has 1 aliphatic rings. The first-order valence-electron chi connectivity index (χ1n) is 6.30. The summed E-state index contributed by atoms with van der Waals surface area (Å²) in [6.07, 6.45) is 0. The lowest BCUT2D eigenvalue weighted by molar-refractivity contribution is -0.384. The summed E-state index contributed by atoms with van der Waals surface area (Å²) < 4.78 is 0. The summed E-state index contributed by atoms with van der Waals surface area (Å²) in [7, 11) is 0. The van der Waals surface area contributed by atoms with Crippen LogP contribution in [0, 0.1) is 10.1 Å². The highest BCUT2D eigenvalue weighted by Crippen LogP contribution is 2.32. The van der Waals surface area contributed by atoms with Gasteiger partial charge in [0.2, 0.25) is 0 Å². The molecular formula is C13H18N2O3S. The predicted octanol–water partition coefficient (Wildman–Crippen LogP) is 2.42. The Bertz CT molecular complexity index is 471. The van der Waals surface area contributed by atoms with Crippen molar-refractivity contribution >= 4 is 23.1 Å². The van der Waals surface area contributed by atoms with Crippen molar-refractivity contribution in [1.29, 1.82) is 0 Å². The van der Waals surface area contributed by atoms with E-state index in [0.29, 0.717) is 16.1 Å². The summed E-state index contributed by atoms with van der Waals surface area (Å²) in [5.41, 5.74) is 1.56. The van der Waals surface area contributed by atoms with Crippen LogP contribution in [-0.2, 0) is 6.61 Å². The summed E-state index contributed by atoms with van der Waals surface area (Å²) in [6.45, 7) is 5.98. The van der Waals surface area contributed by atoms with E-state index in [0.717, 1.165) is 18.8 Å². The Labute approximate surface area is 116 Å². The lowest BCUT2D eigenvalue weighted by Crippen LogP contribution is -2.40. The van der Waals surface area contributed by atoms with Crippen molar-refractivity contribution in [3.8, 4) is 0 Å². The number of rotatable bonds is 3.